The van der Waals surface area contributed by atoms with Crippen molar-refractivity contribution < 1.29 is 9.90 Å². The summed E-state index contributed by atoms with van der Waals surface area (Å²) in [7, 11) is 1.71. The number of carbonyl (C=O) groups excluding carboxylic acids is 1. The highest BCUT2D eigenvalue weighted by molar-refractivity contribution is 5.92. The van der Waals surface area contributed by atoms with Crippen LogP contribution in [0.4, 0.5) is 0 Å². The standard InChI is InChI=1S/C11H17N3O2/c1-14(8-11(16)5-2-3-6-11)10(15)9-4-7-12-13-9/h4,7,16H,2-3,5-6,8H2,1H3,(H,12,13). The third-order valence-electron chi connectivity index (χ3n) is 3.14. The second-order valence-electron chi connectivity index (χ2n) is 4.56. The van der Waals surface area contributed by atoms with Crippen LogP contribution in [0.5, 0.6) is 0 Å². The molecule has 0 radical (unpaired) electrons. The SMILES string of the molecule is CN(CC1(O)CCCC1)C(=O)c1ccn[nH]1. The number of aliphatic hydroxyl groups is 1. The van der Waals surface area contributed by atoms with Gasteiger partial charge in [0.1, 0.15) is 5.69 Å². The van der Waals surface area contributed by atoms with Gasteiger partial charge in [0.15, 0.2) is 0 Å². The van der Waals surface area contributed by atoms with E-state index in [0.29, 0.717) is 12.2 Å². The van der Waals surface area contributed by atoms with Crippen LogP contribution in [0.2, 0.25) is 0 Å². The Morgan fingerprint density at radius 2 is 2.31 bits per heavy atom. The molecule has 1 saturated carbocycles. The Morgan fingerprint density at radius 1 is 1.62 bits per heavy atom. The van der Waals surface area contributed by atoms with Crippen molar-refractivity contribution in [3.8, 4) is 0 Å². The monoisotopic (exact) mass is 223 g/mol. The van der Waals surface area contributed by atoms with Gasteiger partial charge in [-0.05, 0) is 18.9 Å². The zero-order valence-corrected chi connectivity index (χ0v) is 9.44. The molecule has 0 bridgehead atoms. The molecular formula is C11H17N3O2. The molecule has 1 aliphatic rings. The highest BCUT2D eigenvalue weighted by Gasteiger charge is 2.33. The number of hydrogen-bond acceptors (Lipinski definition) is 3. The summed E-state index contributed by atoms with van der Waals surface area (Å²) in [5.41, 5.74) is -0.228. The fraction of sp³-hybridized carbons (Fsp3) is 0.636. The molecule has 0 aromatic carbocycles. The Kier molecular flexibility index (Phi) is 2.96. The number of aromatic nitrogens is 2. The first kappa shape index (κ1) is 11.1. The first-order valence-electron chi connectivity index (χ1n) is 5.58. The second-order valence-corrected chi connectivity index (χ2v) is 4.56. The average molecular weight is 223 g/mol. The van der Waals surface area contributed by atoms with Crippen molar-refractivity contribution in [3.63, 3.8) is 0 Å². The lowest BCUT2D eigenvalue weighted by Crippen LogP contribution is -2.42. The molecule has 0 atom stereocenters. The molecule has 5 nitrogen and oxygen atoms in total. The Hall–Kier alpha value is -1.36. The number of nitrogens with one attached hydrogen (secondary N) is 1. The highest BCUT2D eigenvalue weighted by Crippen LogP contribution is 2.30. The number of likely N-dealkylation sites (N-methyl/N-ethyl adjacent to an activating group) is 1. The fourth-order valence-corrected chi connectivity index (χ4v) is 2.29. The molecule has 0 unspecified atom stereocenters. The lowest BCUT2D eigenvalue weighted by atomic mass is 10.0. The van der Waals surface area contributed by atoms with Crippen molar-refractivity contribution >= 4 is 5.91 Å². The normalized spacial score (nSPS) is 18.6. The molecule has 1 aliphatic carbocycles. The van der Waals surface area contributed by atoms with Crippen LogP contribution in [-0.4, -0.2) is 45.3 Å². The van der Waals surface area contributed by atoms with Gasteiger partial charge in [0.25, 0.3) is 5.91 Å². The number of H-pyrrole nitrogens is 1. The van der Waals surface area contributed by atoms with E-state index >= 15 is 0 Å². The second kappa shape index (κ2) is 4.25. The molecule has 0 saturated heterocycles. The van der Waals surface area contributed by atoms with Crippen molar-refractivity contribution in [1.82, 2.24) is 15.1 Å². The van der Waals surface area contributed by atoms with Gasteiger partial charge in [-0.2, -0.15) is 5.10 Å². The van der Waals surface area contributed by atoms with Crippen molar-refractivity contribution in [1.29, 1.82) is 0 Å². The van der Waals surface area contributed by atoms with Gasteiger partial charge in [-0.15, -0.1) is 0 Å². The maximum Gasteiger partial charge on any atom is 0.271 e. The molecule has 1 heterocycles. The molecule has 0 spiro atoms. The van der Waals surface area contributed by atoms with E-state index < -0.39 is 5.60 Å². The summed E-state index contributed by atoms with van der Waals surface area (Å²) in [6.45, 7) is 0.394. The van der Waals surface area contributed by atoms with Gasteiger partial charge in [-0.25, -0.2) is 0 Å². The number of hydrogen-bond donors (Lipinski definition) is 2. The van der Waals surface area contributed by atoms with Crippen molar-refractivity contribution in [3.05, 3.63) is 18.0 Å². The molecule has 1 aromatic rings. The molecule has 5 heteroatoms. The maximum atomic E-state index is 11.9. The molecule has 2 rings (SSSR count). The van der Waals surface area contributed by atoms with E-state index in [2.05, 4.69) is 10.2 Å². The van der Waals surface area contributed by atoms with E-state index in [1.165, 1.54) is 0 Å². The maximum absolute atomic E-state index is 11.9. The lowest BCUT2D eigenvalue weighted by molar-refractivity contribution is 0.0155. The third kappa shape index (κ3) is 2.24. The summed E-state index contributed by atoms with van der Waals surface area (Å²) in [5, 5.41) is 16.6. The first-order chi connectivity index (χ1) is 7.61. The van der Waals surface area contributed by atoms with Crippen LogP contribution in [0, 0.1) is 0 Å². The van der Waals surface area contributed by atoms with Crippen LogP contribution < -0.4 is 0 Å². The molecular weight excluding hydrogens is 206 g/mol. The fourth-order valence-electron chi connectivity index (χ4n) is 2.29. The van der Waals surface area contributed by atoms with Crippen molar-refractivity contribution in [2.24, 2.45) is 0 Å². The molecule has 1 fully saturated rings. The van der Waals surface area contributed by atoms with E-state index in [1.807, 2.05) is 0 Å². The Labute approximate surface area is 94.5 Å². The minimum Gasteiger partial charge on any atom is -0.388 e. The highest BCUT2D eigenvalue weighted by atomic mass is 16.3. The number of rotatable bonds is 3. The van der Waals surface area contributed by atoms with Gasteiger partial charge in [0.2, 0.25) is 0 Å². The largest absolute Gasteiger partial charge is 0.388 e. The topological polar surface area (TPSA) is 69.2 Å². The zero-order chi connectivity index (χ0) is 11.6. The Morgan fingerprint density at radius 3 is 2.88 bits per heavy atom. The Bertz CT molecular complexity index is 355. The minimum absolute atomic E-state index is 0.127. The van der Waals surface area contributed by atoms with Crippen LogP contribution in [0.15, 0.2) is 12.3 Å². The van der Waals surface area contributed by atoms with E-state index in [0.717, 1.165) is 25.7 Å². The van der Waals surface area contributed by atoms with Gasteiger partial charge in [-0.1, -0.05) is 12.8 Å². The van der Waals surface area contributed by atoms with E-state index in [4.69, 9.17) is 0 Å². The van der Waals surface area contributed by atoms with Crippen LogP contribution in [-0.2, 0) is 0 Å². The Balaban J connectivity index is 1.97. The van der Waals surface area contributed by atoms with Gasteiger partial charge in [0.05, 0.1) is 5.60 Å². The van der Waals surface area contributed by atoms with Crippen molar-refractivity contribution in [2.45, 2.75) is 31.3 Å². The quantitative estimate of drug-likeness (QED) is 0.795. The van der Waals surface area contributed by atoms with Crippen LogP contribution in [0.25, 0.3) is 0 Å². The summed E-state index contributed by atoms with van der Waals surface area (Å²) in [6, 6.07) is 1.64. The molecule has 16 heavy (non-hydrogen) atoms. The number of aromatic amines is 1. The minimum atomic E-state index is -0.690. The van der Waals surface area contributed by atoms with Gasteiger partial charge in [0, 0.05) is 19.8 Å². The van der Waals surface area contributed by atoms with Crippen LogP contribution in [0.1, 0.15) is 36.2 Å². The lowest BCUT2D eigenvalue weighted by Gasteiger charge is -2.28. The molecule has 0 aliphatic heterocycles. The molecule has 1 amide bonds. The smallest absolute Gasteiger partial charge is 0.271 e. The zero-order valence-electron chi connectivity index (χ0n) is 9.44. The number of amides is 1. The van der Waals surface area contributed by atoms with E-state index in [1.54, 1.807) is 24.2 Å². The summed E-state index contributed by atoms with van der Waals surface area (Å²) >= 11 is 0. The number of carbonyl (C=O) groups is 1. The third-order valence-corrected chi connectivity index (χ3v) is 3.14. The van der Waals surface area contributed by atoms with Crippen LogP contribution >= 0.6 is 0 Å². The van der Waals surface area contributed by atoms with E-state index in [9.17, 15) is 9.90 Å². The van der Waals surface area contributed by atoms with E-state index in [-0.39, 0.29) is 5.91 Å². The molecule has 2 N–H and O–H groups in total. The van der Waals surface area contributed by atoms with Gasteiger partial charge >= 0.3 is 0 Å². The first-order valence-corrected chi connectivity index (χ1v) is 5.58. The number of nitrogens with zero attached hydrogens (tertiary/aromatic N) is 2. The van der Waals surface area contributed by atoms with Gasteiger partial charge < -0.3 is 10.0 Å². The predicted molar refractivity (Wildman–Crippen MR) is 59.0 cm³/mol. The van der Waals surface area contributed by atoms with Crippen molar-refractivity contribution in [2.75, 3.05) is 13.6 Å². The summed E-state index contributed by atoms with van der Waals surface area (Å²) in [5.74, 6) is -0.127. The molecule has 1 aromatic heterocycles. The molecule has 88 valence electrons. The summed E-state index contributed by atoms with van der Waals surface area (Å²) in [6.07, 6.45) is 5.21. The summed E-state index contributed by atoms with van der Waals surface area (Å²) < 4.78 is 0. The summed E-state index contributed by atoms with van der Waals surface area (Å²) in [4.78, 5) is 13.4. The van der Waals surface area contributed by atoms with Crippen LogP contribution in [0.3, 0.4) is 0 Å². The van der Waals surface area contributed by atoms with Gasteiger partial charge in [-0.3, -0.25) is 9.89 Å². The predicted octanol–water partition coefficient (Wildman–Crippen LogP) is 0.787. The average Bonchev–Trinajstić information content (AvgIpc) is 2.87.